The molecule has 0 bridgehead atoms. The Hall–Kier alpha value is -3.47. The minimum Gasteiger partial charge on any atom is -0.385 e. The normalized spacial score (nSPS) is 15.4. The van der Waals surface area contributed by atoms with Crippen LogP contribution in [0.2, 0.25) is 0 Å². The maximum Gasteiger partial charge on any atom is 0.423 e. The molecule has 11 nitrogen and oxygen atoms in total. The molecule has 1 atom stereocenters. The Morgan fingerprint density at radius 1 is 1.05 bits per heavy atom. The maximum absolute atomic E-state index is 13.3. The first kappa shape index (κ1) is 30.1. The van der Waals surface area contributed by atoms with E-state index in [1.807, 2.05) is 0 Å². The minimum absolute atomic E-state index is 0.00796. The SMILES string of the molecule is COCC[C@@H](COCCC(=O)N1CCN(c2ncc(C(F)(F)F)cn2)CC1)Nc1cn[nH]c(=O)c1C(F)(F)F. The second-order valence-electron chi connectivity index (χ2n) is 8.57. The topological polar surface area (TPSA) is 126 Å². The van der Waals surface area contributed by atoms with Gasteiger partial charge in [0.25, 0.3) is 5.56 Å². The number of aromatic amines is 1. The predicted octanol–water partition coefficient (Wildman–Crippen LogP) is 2.17. The molecule has 0 aromatic carbocycles. The van der Waals surface area contributed by atoms with Gasteiger partial charge in [-0.2, -0.15) is 31.4 Å². The summed E-state index contributed by atoms with van der Waals surface area (Å²) in [5, 5.41) is 7.82. The average molecular weight is 567 g/mol. The Morgan fingerprint density at radius 2 is 1.72 bits per heavy atom. The van der Waals surface area contributed by atoms with Crippen LogP contribution in [0.4, 0.5) is 38.0 Å². The number of methoxy groups -OCH3 is 1. The number of halogens is 6. The van der Waals surface area contributed by atoms with Gasteiger partial charge in [-0.05, 0) is 6.42 Å². The molecule has 0 radical (unpaired) electrons. The lowest BCUT2D eigenvalue weighted by Gasteiger charge is -2.34. The lowest BCUT2D eigenvalue weighted by molar-refractivity contribution is -0.139. The number of alkyl halides is 6. The van der Waals surface area contributed by atoms with Crippen molar-refractivity contribution in [2.75, 3.05) is 63.3 Å². The summed E-state index contributed by atoms with van der Waals surface area (Å²) in [5.74, 6) is -0.0835. The van der Waals surface area contributed by atoms with Gasteiger partial charge in [0, 0.05) is 52.3 Å². The van der Waals surface area contributed by atoms with Gasteiger partial charge in [0.15, 0.2) is 0 Å². The van der Waals surface area contributed by atoms with Crippen molar-refractivity contribution in [3.63, 3.8) is 0 Å². The Kier molecular flexibility index (Phi) is 10.1. The summed E-state index contributed by atoms with van der Waals surface area (Å²) in [7, 11) is 1.43. The van der Waals surface area contributed by atoms with E-state index in [0.717, 1.165) is 6.20 Å². The summed E-state index contributed by atoms with van der Waals surface area (Å²) >= 11 is 0. The van der Waals surface area contributed by atoms with Gasteiger partial charge in [-0.15, -0.1) is 0 Å². The van der Waals surface area contributed by atoms with Crippen LogP contribution in [0.3, 0.4) is 0 Å². The molecule has 17 heteroatoms. The summed E-state index contributed by atoms with van der Waals surface area (Å²) in [4.78, 5) is 35.0. The van der Waals surface area contributed by atoms with Gasteiger partial charge in [-0.1, -0.05) is 0 Å². The zero-order chi connectivity index (χ0) is 28.6. The molecule has 1 aliphatic heterocycles. The highest BCUT2D eigenvalue weighted by molar-refractivity contribution is 5.76. The molecule has 1 saturated heterocycles. The summed E-state index contributed by atoms with van der Waals surface area (Å²) in [6.07, 6.45) is -6.89. The molecule has 216 valence electrons. The lowest BCUT2D eigenvalue weighted by atomic mass is 10.2. The molecule has 0 aliphatic carbocycles. The smallest absolute Gasteiger partial charge is 0.385 e. The van der Waals surface area contributed by atoms with Crippen molar-refractivity contribution in [3.05, 3.63) is 40.1 Å². The average Bonchev–Trinajstić information content (AvgIpc) is 2.88. The van der Waals surface area contributed by atoms with Crippen molar-refractivity contribution < 1.29 is 40.6 Å². The van der Waals surface area contributed by atoms with Crippen LogP contribution in [0, 0.1) is 0 Å². The van der Waals surface area contributed by atoms with Crippen molar-refractivity contribution in [2.24, 2.45) is 0 Å². The van der Waals surface area contributed by atoms with E-state index >= 15 is 0 Å². The van der Waals surface area contributed by atoms with Gasteiger partial charge in [0.2, 0.25) is 11.9 Å². The molecule has 2 aromatic rings. The Labute approximate surface area is 218 Å². The molecule has 0 saturated carbocycles. The lowest BCUT2D eigenvalue weighted by Crippen LogP contribution is -2.49. The number of amides is 1. The van der Waals surface area contributed by atoms with E-state index in [1.54, 1.807) is 14.9 Å². The van der Waals surface area contributed by atoms with Gasteiger partial charge in [-0.25, -0.2) is 15.1 Å². The van der Waals surface area contributed by atoms with Crippen molar-refractivity contribution in [2.45, 2.75) is 31.2 Å². The van der Waals surface area contributed by atoms with Gasteiger partial charge < -0.3 is 24.6 Å². The first-order valence-corrected chi connectivity index (χ1v) is 11.8. The van der Waals surface area contributed by atoms with Crippen LogP contribution in [0.25, 0.3) is 0 Å². The summed E-state index contributed by atoms with van der Waals surface area (Å²) < 4.78 is 88.6. The number of carbonyl (C=O) groups is 1. The number of hydrogen-bond acceptors (Lipinski definition) is 9. The molecule has 2 aromatic heterocycles. The minimum atomic E-state index is -4.90. The Morgan fingerprint density at radius 3 is 2.31 bits per heavy atom. The standard InChI is InChI=1S/C22H27F6N7O4/c1-38-8-2-15(32-16-12-31-33-19(37)18(16)22(26,27)28)13-39-9-3-17(36)34-4-6-35(7-5-34)20-29-10-14(11-30-20)21(23,24)25/h10-12,15H,2-9,13H2,1H3,(H2,32,33,37)/t15-/m0/s1. The number of nitrogens with one attached hydrogen (secondary N) is 2. The van der Waals surface area contributed by atoms with E-state index in [0.29, 0.717) is 38.6 Å². The van der Waals surface area contributed by atoms with Crippen LogP contribution < -0.4 is 15.8 Å². The van der Waals surface area contributed by atoms with Gasteiger partial charge in [0.05, 0.1) is 43.1 Å². The number of nitrogens with zero attached hydrogens (tertiary/aromatic N) is 5. The molecule has 3 rings (SSSR count). The number of aromatic nitrogens is 4. The van der Waals surface area contributed by atoms with E-state index in [4.69, 9.17) is 9.47 Å². The fraction of sp³-hybridized carbons (Fsp3) is 0.591. The van der Waals surface area contributed by atoms with Crippen molar-refractivity contribution in [1.29, 1.82) is 0 Å². The highest BCUT2D eigenvalue weighted by Gasteiger charge is 2.38. The van der Waals surface area contributed by atoms with E-state index < -0.39 is 40.8 Å². The zero-order valence-electron chi connectivity index (χ0n) is 20.8. The highest BCUT2D eigenvalue weighted by Crippen LogP contribution is 2.32. The quantitative estimate of drug-likeness (QED) is 0.311. The molecule has 0 unspecified atom stereocenters. The maximum atomic E-state index is 13.3. The number of H-pyrrole nitrogens is 1. The van der Waals surface area contributed by atoms with Crippen LogP contribution in [0.15, 0.2) is 23.4 Å². The molecule has 1 fully saturated rings. The van der Waals surface area contributed by atoms with Gasteiger partial charge in [-0.3, -0.25) is 9.59 Å². The molecule has 0 spiro atoms. The number of carbonyl (C=O) groups excluding carboxylic acids is 1. The van der Waals surface area contributed by atoms with Crippen LogP contribution in [0.1, 0.15) is 24.0 Å². The fourth-order valence-electron chi connectivity index (χ4n) is 3.80. The predicted molar refractivity (Wildman–Crippen MR) is 125 cm³/mol. The monoisotopic (exact) mass is 567 g/mol. The zero-order valence-corrected chi connectivity index (χ0v) is 20.8. The van der Waals surface area contributed by atoms with Gasteiger partial charge in [0.1, 0.15) is 5.56 Å². The van der Waals surface area contributed by atoms with Crippen LogP contribution >= 0.6 is 0 Å². The molecular formula is C22H27F6N7O4. The van der Waals surface area contributed by atoms with Crippen molar-refractivity contribution >= 4 is 17.5 Å². The van der Waals surface area contributed by atoms with E-state index in [-0.39, 0.29) is 44.5 Å². The second kappa shape index (κ2) is 13.1. The van der Waals surface area contributed by atoms with E-state index in [2.05, 4.69) is 20.4 Å². The van der Waals surface area contributed by atoms with Crippen molar-refractivity contribution in [3.8, 4) is 0 Å². The highest BCUT2D eigenvalue weighted by atomic mass is 19.4. The van der Waals surface area contributed by atoms with Gasteiger partial charge >= 0.3 is 12.4 Å². The Balaban J connectivity index is 1.47. The second-order valence-corrected chi connectivity index (χ2v) is 8.57. The molecular weight excluding hydrogens is 540 g/mol. The fourth-order valence-corrected chi connectivity index (χ4v) is 3.80. The molecule has 3 heterocycles. The first-order valence-electron chi connectivity index (χ1n) is 11.8. The number of hydrogen-bond donors (Lipinski definition) is 2. The Bertz CT molecular complexity index is 1140. The van der Waals surface area contributed by atoms with Crippen LogP contribution in [-0.2, 0) is 26.6 Å². The third kappa shape index (κ3) is 8.51. The first-order chi connectivity index (χ1) is 18.4. The largest absolute Gasteiger partial charge is 0.423 e. The third-order valence-corrected chi connectivity index (χ3v) is 5.83. The number of anilines is 2. The molecule has 39 heavy (non-hydrogen) atoms. The molecule has 1 aliphatic rings. The van der Waals surface area contributed by atoms with Crippen molar-refractivity contribution in [1.82, 2.24) is 25.1 Å². The summed E-state index contributed by atoms with van der Waals surface area (Å²) in [6.45, 7) is 1.38. The number of rotatable bonds is 11. The third-order valence-electron chi connectivity index (χ3n) is 5.83. The summed E-state index contributed by atoms with van der Waals surface area (Å²) in [5.41, 5.74) is -4.23. The number of ether oxygens (including phenoxy) is 2. The summed E-state index contributed by atoms with van der Waals surface area (Å²) in [6, 6.07) is -0.669. The van der Waals surface area contributed by atoms with E-state index in [1.165, 1.54) is 7.11 Å². The van der Waals surface area contributed by atoms with E-state index in [9.17, 15) is 35.9 Å². The van der Waals surface area contributed by atoms with Crippen LogP contribution in [0.5, 0.6) is 0 Å². The molecule has 1 amide bonds. The van der Waals surface area contributed by atoms with Crippen LogP contribution in [-0.4, -0.2) is 90.1 Å². The molecule has 2 N–H and O–H groups in total. The number of piperazine rings is 1.